The number of likely N-dealkylation sites (N-methyl/N-ethyl adjacent to an activating group) is 1. The van der Waals surface area contributed by atoms with E-state index in [-0.39, 0.29) is 16.2 Å². The van der Waals surface area contributed by atoms with Gasteiger partial charge in [-0.15, -0.1) is 0 Å². The minimum atomic E-state index is -0.257. The van der Waals surface area contributed by atoms with Crippen molar-refractivity contribution in [3.05, 3.63) is 68.2 Å². The maximum atomic E-state index is 13.0. The Morgan fingerprint density at radius 1 is 1.30 bits per heavy atom. The van der Waals surface area contributed by atoms with Gasteiger partial charge in [0, 0.05) is 23.2 Å². The molecule has 1 aromatic heterocycles. The fraction of sp³-hybridized carbons (Fsp3) is 0.318. The number of aromatic nitrogens is 2. The molecule has 2 heterocycles. The molecule has 0 saturated carbocycles. The number of H-pyrrole nitrogens is 1. The van der Waals surface area contributed by atoms with Crippen molar-refractivity contribution < 1.29 is 4.79 Å². The van der Waals surface area contributed by atoms with Crippen LogP contribution in [0.25, 0.3) is 16.6 Å². The second kappa shape index (κ2) is 8.71. The molecule has 3 aromatic rings. The summed E-state index contributed by atoms with van der Waals surface area (Å²) >= 11 is 11.4. The highest BCUT2D eigenvalue weighted by Gasteiger charge is 2.23. The zero-order chi connectivity index (χ0) is 21.3. The maximum Gasteiger partial charge on any atom is 0.266 e. The molecule has 2 aromatic carbocycles. The van der Waals surface area contributed by atoms with Crippen LogP contribution in [-0.2, 0) is 0 Å². The quantitative estimate of drug-likeness (QED) is 0.587. The van der Waals surface area contributed by atoms with E-state index < -0.39 is 0 Å². The largest absolute Gasteiger partial charge is 0.350 e. The third-order valence-electron chi connectivity index (χ3n) is 5.63. The van der Waals surface area contributed by atoms with Gasteiger partial charge in [-0.05, 0) is 74.5 Å². The van der Waals surface area contributed by atoms with Crippen molar-refractivity contribution in [2.45, 2.75) is 25.8 Å². The summed E-state index contributed by atoms with van der Waals surface area (Å²) in [5.41, 5.74) is 1.36. The van der Waals surface area contributed by atoms with Gasteiger partial charge in [-0.1, -0.05) is 24.6 Å². The molecule has 156 valence electrons. The Kier molecular flexibility index (Phi) is 6.04. The van der Waals surface area contributed by atoms with E-state index in [2.05, 4.69) is 22.1 Å². The Labute approximate surface area is 184 Å². The van der Waals surface area contributed by atoms with E-state index in [1.165, 1.54) is 4.57 Å². The summed E-state index contributed by atoms with van der Waals surface area (Å²) in [6, 6.07) is 12.3. The molecule has 0 spiro atoms. The van der Waals surface area contributed by atoms with E-state index in [9.17, 15) is 9.59 Å². The van der Waals surface area contributed by atoms with Crippen molar-refractivity contribution >= 4 is 40.6 Å². The lowest BCUT2D eigenvalue weighted by Crippen LogP contribution is -2.40. The van der Waals surface area contributed by atoms with Gasteiger partial charge in [0.05, 0.1) is 16.6 Å². The highest BCUT2D eigenvalue weighted by atomic mass is 35.5. The number of benzene rings is 2. The average molecular weight is 443 g/mol. The molecule has 1 fully saturated rings. The first-order chi connectivity index (χ1) is 14.5. The summed E-state index contributed by atoms with van der Waals surface area (Å²) in [4.78, 5) is 31.2. The number of hydrogen-bond donors (Lipinski definition) is 2. The lowest BCUT2D eigenvalue weighted by Gasteiger charge is -2.22. The SMILES string of the molecule is CCN1CCCC1CNC(=O)c1cccc(-n2c(=S)[nH]c3cc(Cl)ccc3c2=O)c1. The number of fused-ring (bicyclic) bond motifs is 1. The number of nitrogens with one attached hydrogen (secondary N) is 2. The molecule has 30 heavy (non-hydrogen) atoms. The van der Waals surface area contributed by atoms with Crippen LogP contribution < -0.4 is 10.9 Å². The fourth-order valence-electron chi connectivity index (χ4n) is 4.07. The zero-order valence-corrected chi connectivity index (χ0v) is 18.2. The Bertz CT molecular complexity index is 1220. The second-order valence-corrected chi connectivity index (χ2v) is 8.27. The molecule has 1 amide bonds. The summed E-state index contributed by atoms with van der Waals surface area (Å²) in [7, 11) is 0. The van der Waals surface area contributed by atoms with Gasteiger partial charge in [-0.25, -0.2) is 0 Å². The van der Waals surface area contributed by atoms with Gasteiger partial charge in [0.1, 0.15) is 0 Å². The van der Waals surface area contributed by atoms with Crippen LogP contribution in [0.3, 0.4) is 0 Å². The smallest absolute Gasteiger partial charge is 0.266 e. The minimum Gasteiger partial charge on any atom is -0.350 e. The molecule has 4 rings (SSSR count). The van der Waals surface area contributed by atoms with Gasteiger partial charge in [0.2, 0.25) is 0 Å². The first kappa shape index (κ1) is 20.8. The van der Waals surface area contributed by atoms with Crippen molar-refractivity contribution in [3.63, 3.8) is 0 Å². The molecule has 8 heteroatoms. The number of nitrogens with zero attached hydrogens (tertiary/aromatic N) is 2. The van der Waals surface area contributed by atoms with E-state index in [0.29, 0.717) is 39.8 Å². The molecule has 1 unspecified atom stereocenters. The fourth-order valence-corrected chi connectivity index (χ4v) is 4.54. The molecular formula is C22H23ClN4O2S. The summed E-state index contributed by atoms with van der Waals surface area (Å²) in [6.45, 7) is 4.83. The van der Waals surface area contributed by atoms with Gasteiger partial charge < -0.3 is 10.3 Å². The third kappa shape index (κ3) is 4.05. The van der Waals surface area contributed by atoms with Crippen molar-refractivity contribution in [1.82, 2.24) is 19.8 Å². The molecule has 2 N–H and O–H groups in total. The second-order valence-electron chi connectivity index (χ2n) is 7.45. The number of aromatic amines is 1. The van der Waals surface area contributed by atoms with Crippen LogP contribution in [0.5, 0.6) is 0 Å². The van der Waals surface area contributed by atoms with Crippen LogP contribution in [0, 0.1) is 4.77 Å². The Balaban J connectivity index is 1.62. The lowest BCUT2D eigenvalue weighted by molar-refractivity contribution is 0.0941. The molecule has 0 radical (unpaired) electrons. The van der Waals surface area contributed by atoms with Crippen LogP contribution in [0.4, 0.5) is 0 Å². The monoisotopic (exact) mass is 442 g/mol. The number of halogens is 1. The lowest BCUT2D eigenvalue weighted by atomic mass is 10.1. The predicted octanol–water partition coefficient (Wildman–Crippen LogP) is 3.92. The topological polar surface area (TPSA) is 70.1 Å². The van der Waals surface area contributed by atoms with Gasteiger partial charge in [0.15, 0.2) is 4.77 Å². The van der Waals surface area contributed by atoms with E-state index in [0.717, 1.165) is 25.9 Å². The number of carbonyl (C=O) groups is 1. The highest BCUT2D eigenvalue weighted by molar-refractivity contribution is 7.71. The van der Waals surface area contributed by atoms with E-state index in [4.69, 9.17) is 23.8 Å². The van der Waals surface area contributed by atoms with Gasteiger partial charge in [-0.2, -0.15) is 0 Å². The van der Waals surface area contributed by atoms with Gasteiger partial charge in [-0.3, -0.25) is 19.1 Å². The third-order valence-corrected chi connectivity index (χ3v) is 6.15. The van der Waals surface area contributed by atoms with Crippen LogP contribution >= 0.6 is 23.8 Å². The molecule has 1 aliphatic rings. The number of rotatable bonds is 5. The molecule has 1 saturated heterocycles. The summed E-state index contributed by atoms with van der Waals surface area (Å²) < 4.78 is 1.65. The molecule has 1 atom stereocenters. The normalized spacial score (nSPS) is 16.8. The standard InChI is InChI=1S/C22H23ClN4O2S/c1-2-26-10-4-7-17(26)13-24-20(28)14-5-3-6-16(11-14)27-21(29)18-9-8-15(23)12-19(18)25-22(27)30/h3,5-6,8-9,11-12,17H,2,4,7,10,13H2,1H3,(H,24,28)(H,25,30). The van der Waals surface area contributed by atoms with Crippen molar-refractivity contribution in [2.24, 2.45) is 0 Å². The number of likely N-dealkylation sites (tertiary alicyclic amines) is 1. The summed E-state index contributed by atoms with van der Waals surface area (Å²) in [5, 5.41) is 4.03. The van der Waals surface area contributed by atoms with Crippen LogP contribution in [0.1, 0.15) is 30.1 Å². The van der Waals surface area contributed by atoms with Gasteiger partial charge >= 0.3 is 0 Å². The molecule has 1 aliphatic heterocycles. The highest BCUT2D eigenvalue weighted by Crippen LogP contribution is 2.18. The van der Waals surface area contributed by atoms with Crippen LogP contribution in [-0.4, -0.2) is 46.0 Å². The molecule has 0 bridgehead atoms. The predicted molar refractivity (Wildman–Crippen MR) is 122 cm³/mol. The first-order valence-corrected chi connectivity index (χ1v) is 10.8. The summed E-state index contributed by atoms with van der Waals surface area (Å²) in [6.07, 6.45) is 2.26. The first-order valence-electron chi connectivity index (χ1n) is 10.0. The van der Waals surface area contributed by atoms with Crippen molar-refractivity contribution in [3.8, 4) is 5.69 Å². The Hall–Kier alpha value is -2.48. The number of hydrogen-bond acceptors (Lipinski definition) is 4. The van der Waals surface area contributed by atoms with Crippen molar-refractivity contribution in [1.29, 1.82) is 0 Å². The molecule has 6 nitrogen and oxygen atoms in total. The molecule has 0 aliphatic carbocycles. The van der Waals surface area contributed by atoms with E-state index in [1.807, 2.05) is 0 Å². The Morgan fingerprint density at radius 2 is 2.13 bits per heavy atom. The van der Waals surface area contributed by atoms with Crippen LogP contribution in [0.15, 0.2) is 47.3 Å². The van der Waals surface area contributed by atoms with Crippen LogP contribution in [0.2, 0.25) is 5.02 Å². The number of amides is 1. The van der Waals surface area contributed by atoms with Crippen molar-refractivity contribution in [2.75, 3.05) is 19.6 Å². The Morgan fingerprint density at radius 3 is 2.93 bits per heavy atom. The van der Waals surface area contributed by atoms with E-state index >= 15 is 0 Å². The maximum absolute atomic E-state index is 13.0. The zero-order valence-electron chi connectivity index (χ0n) is 16.7. The van der Waals surface area contributed by atoms with Gasteiger partial charge in [0.25, 0.3) is 11.5 Å². The number of carbonyl (C=O) groups excluding carboxylic acids is 1. The average Bonchev–Trinajstić information content (AvgIpc) is 3.19. The summed E-state index contributed by atoms with van der Waals surface area (Å²) in [5.74, 6) is -0.157. The minimum absolute atomic E-state index is 0.157. The van der Waals surface area contributed by atoms with E-state index in [1.54, 1.807) is 42.5 Å². The molecular weight excluding hydrogens is 420 g/mol.